The van der Waals surface area contributed by atoms with Gasteiger partial charge in [-0.2, -0.15) is 0 Å². The highest BCUT2D eigenvalue weighted by Gasteiger charge is 2.44. The maximum atomic E-state index is 11.8. The molecule has 0 N–H and O–H groups in total. The number of carbonyl (C=O) groups is 1. The molecule has 0 atom stereocenters. The van der Waals surface area contributed by atoms with Crippen LogP contribution in [0.2, 0.25) is 5.02 Å². The Morgan fingerprint density at radius 1 is 1.19 bits per heavy atom. The third-order valence-corrected chi connectivity index (χ3v) is 3.34. The van der Waals surface area contributed by atoms with Gasteiger partial charge in [0.05, 0.1) is 0 Å². The first-order valence-electron chi connectivity index (χ1n) is 5.40. The Bertz CT molecular complexity index is 450. The SMILES string of the molecule is O=C1OC2(CCCC2)Oc2ccc(Cl)cc21. The zero-order valence-electron chi connectivity index (χ0n) is 8.66. The molecule has 1 aromatic carbocycles. The summed E-state index contributed by atoms with van der Waals surface area (Å²) in [7, 11) is 0. The number of rotatable bonds is 0. The molecule has 3 rings (SSSR count). The van der Waals surface area contributed by atoms with E-state index in [1.165, 1.54) is 0 Å². The highest BCUT2D eigenvalue weighted by Crippen LogP contribution is 2.41. The van der Waals surface area contributed by atoms with Crippen molar-refractivity contribution in [3.8, 4) is 5.75 Å². The van der Waals surface area contributed by atoms with Crippen molar-refractivity contribution in [3.63, 3.8) is 0 Å². The fourth-order valence-corrected chi connectivity index (χ4v) is 2.49. The van der Waals surface area contributed by atoms with Crippen molar-refractivity contribution in [1.82, 2.24) is 0 Å². The molecular formula is C12H11ClO3. The molecule has 0 amide bonds. The van der Waals surface area contributed by atoms with Gasteiger partial charge in [-0.05, 0) is 31.0 Å². The van der Waals surface area contributed by atoms with Crippen LogP contribution in [0.15, 0.2) is 18.2 Å². The maximum absolute atomic E-state index is 11.8. The van der Waals surface area contributed by atoms with Crippen LogP contribution in [-0.4, -0.2) is 11.8 Å². The molecule has 0 bridgehead atoms. The molecule has 0 radical (unpaired) electrons. The molecule has 1 heterocycles. The highest BCUT2D eigenvalue weighted by molar-refractivity contribution is 6.31. The summed E-state index contributed by atoms with van der Waals surface area (Å²) in [5.41, 5.74) is 0.421. The molecule has 1 spiro atoms. The molecule has 1 saturated carbocycles. The predicted molar refractivity (Wildman–Crippen MR) is 58.7 cm³/mol. The van der Waals surface area contributed by atoms with E-state index in [4.69, 9.17) is 21.1 Å². The predicted octanol–water partition coefficient (Wildman–Crippen LogP) is 3.16. The van der Waals surface area contributed by atoms with Crippen LogP contribution >= 0.6 is 11.6 Å². The van der Waals surface area contributed by atoms with E-state index in [0.29, 0.717) is 16.3 Å². The lowest BCUT2D eigenvalue weighted by atomic mass is 10.1. The topological polar surface area (TPSA) is 35.5 Å². The molecule has 0 unspecified atom stereocenters. The van der Waals surface area contributed by atoms with Crippen molar-refractivity contribution in [1.29, 1.82) is 0 Å². The number of hydrogen-bond donors (Lipinski definition) is 0. The Labute approximate surface area is 98.3 Å². The smallest absolute Gasteiger partial charge is 0.345 e. The minimum absolute atomic E-state index is 0.328. The Balaban J connectivity index is 2.02. The van der Waals surface area contributed by atoms with E-state index in [2.05, 4.69) is 0 Å². The summed E-state index contributed by atoms with van der Waals surface area (Å²) in [6.45, 7) is 0. The van der Waals surface area contributed by atoms with Crippen LogP contribution in [0.4, 0.5) is 0 Å². The number of hydrogen-bond acceptors (Lipinski definition) is 3. The first kappa shape index (κ1) is 9.97. The van der Waals surface area contributed by atoms with Crippen LogP contribution in [0, 0.1) is 0 Å². The molecule has 2 aliphatic rings. The van der Waals surface area contributed by atoms with Gasteiger partial charge in [-0.1, -0.05) is 11.6 Å². The Hall–Kier alpha value is -1.22. The first-order valence-corrected chi connectivity index (χ1v) is 5.78. The van der Waals surface area contributed by atoms with Crippen molar-refractivity contribution in [2.24, 2.45) is 0 Å². The third-order valence-electron chi connectivity index (χ3n) is 3.10. The van der Waals surface area contributed by atoms with E-state index in [9.17, 15) is 4.79 Å². The number of ether oxygens (including phenoxy) is 2. The second kappa shape index (κ2) is 3.39. The van der Waals surface area contributed by atoms with E-state index in [0.717, 1.165) is 25.7 Å². The number of carbonyl (C=O) groups excluding carboxylic acids is 1. The molecule has 1 aliphatic heterocycles. The van der Waals surface area contributed by atoms with Gasteiger partial charge in [0.1, 0.15) is 11.3 Å². The van der Waals surface area contributed by atoms with Crippen molar-refractivity contribution >= 4 is 17.6 Å². The number of fused-ring (bicyclic) bond motifs is 1. The van der Waals surface area contributed by atoms with Crippen LogP contribution in [0.25, 0.3) is 0 Å². The van der Waals surface area contributed by atoms with Crippen LogP contribution in [0.1, 0.15) is 36.0 Å². The summed E-state index contributed by atoms with van der Waals surface area (Å²) in [6.07, 6.45) is 3.63. The van der Waals surface area contributed by atoms with E-state index >= 15 is 0 Å². The van der Waals surface area contributed by atoms with Crippen molar-refractivity contribution in [2.45, 2.75) is 31.5 Å². The summed E-state index contributed by atoms with van der Waals surface area (Å²) in [5, 5.41) is 0.515. The molecule has 1 aromatic rings. The average molecular weight is 239 g/mol. The lowest BCUT2D eigenvalue weighted by Gasteiger charge is -2.34. The van der Waals surface area contributed by atoms with Crippen LogP contribution in [0.3, 0.4) is 0 Å². The van der Waals surface area contributed by atoms with Gasteiger partial charge >= 0.3 is 5.97 Å². The lowest BCUT2D eigenvalue weighted by Crippen LogP contribution is -2.42. The second-order valence-corrected chi connectivity index (χ2v) is 4.69. The Morgan fingerprint density at radius 2 is 1.94 bits per heavy atom. The molecule has 3 nitrogen and oxygen atoms in total. The average Bonchev–Trinajstić information content (AvgIpc) is 2.68. The Morgan fingerprint density at radius 3 is 2.69 bits per heavy atom. The van der Waals surface area contributed by atoms with E-state index in [1.54, 1.807) is 18.2 Å². The number of benzene rings is 1. The van der Waals surface area contributed by atoms with Crippen molar-refractivity contribution < 1.29 is 14.3 Å². The van der Waals surface area contributed by atoms with Gasteiger partial charge < -0.3 is 9.47 Å². The molecule has 16 heavy (non-hydrogen) atoms. The van der Waals surface area contributed by atoms with Crippen LogP contribution < -0.4 is 4.74 Å². The number of esters is 1. The quantitative estimate of drug-likeness (QED) is 0.652. The maximum Gasteiger partial charge on any atom is 0.345 e. The largest absolute Gasteiger partial charge is 0.451 e. The van der Waals surface area contributed by atoms with Crippen LogP contribution in [-0.2, 0) is 4.74 Å². The standard InChI is InChI=1S/C12H11ClO3/c13-8-3-4-10-9(7-8)11(14)16-12(15-10)5-1-2-6-12/h3-4,7H,1-2,5-6H2. The molecule has 0 aromatic heterocycles. The summed E-state index contributed by atoms with van der Waals surface area (Å²) in [5.74, 6) is -0.453. The summed E-state index contributed by atoms with van der Waals surface area (Å²) in [6, 6.07) is 5.04. The Kier molecular flexibility index (Phi) is 2.11. The minimum Gasteiger partial charge on any atom is -0.451 e. The number of halogens is 1. The van der Waals surface area contributed by atoms with E-state index in [-0.39, 0.29) is 5.97 Å². The molecule has 1 fully saturated rings. The first-order chi connectivity index (χ1) is 7.69. The fraction of sp³-hybridized carbons (Fsp3) is 0.417. The van der Waals surface area contributed by atoms with Gasteiger partial charge in [0.15, 0.2) is 0 Å². The minimum atomic E-state index is -0.710. The third kappa shape index (κ3) is 1.47. The molecule has 1 aliphatic carbocycles. The molecule has 84 valence electrons. The van der Waals surface area contributed by atoms with Gasteiger partial charge in [0.25, 0.3) is 5.79 Å². The lowest BCUT2D eigenvalue weighted by molar-refractivity contribution is -0.148. The van der Waals surface area contributed by atoms with Crippen molar-refractivity contribution in [2.75, 3.05) is 0 Å². The van der Waals surface area contributed by atoms with Gasteiger partial charge in [0, 0.05) is 17.9 Å². The zero-order valence-corrected chi connectivity index (χ0v) is 9.42. The van der Waals surface area contributed by atoms with Gasteiger partial charge in [-0.15, -0.1) is 0 Å². The zero-order chi connectivity index (χ0) is 11.2. The fourth-order valence-electron chi connectivity index (χ4n) is 2.31. The molecule has 4 heteroatoms. The summed E-state index contributed by atoms with van der Waals surface area (Å²) in [4.78, 5) is 11.8. The van der Waals surface area contributed by atoms with Gasteiger partial charge in [-0.3, -0.25) is 0 Å². The van der Waals surface area contributed by atoms with Crippen molar-refractivity contribution in [3.05, 3.63) is 28.8 Å². The van der Waals surface area contributed by atoms with Gasteiger partial charge in [-0.25, -0.2) is 4.79 Å². The normalized spacial score (nSPS) is 21.4. The van der Waals surface area contributed by atoms with Gasteiger partial charge in [0.2, 0.25) is 0 Å². The monoisotopic (exact) mass is 238 g/mol. The van der Waals surface area contributed by atoms with E-state index < -0.39 is 5.79 Å². The highest BCUT2D eigenvalue weighted by atomic mass is 35.5. The van der Waals surface area contributed by atoms with E-state index in [1.807, 2.05) is 0 Å². The second-order valence-electron chi connectivity index (χ2n) is 4.25. The molecular weight excluding hydrogens is 228 g/mol. The summed E-state index contributed by atoms with van der Waals surface area (Å²) >= 11 is 5.83. The summed E-state index contributed by atoms with van der Waals surface area (Å²) < 4.78 is 11.2. The van der Waals surface area contributed by atoms with Crippen LogP contribution in [0.5, 0.6) is 5.75 Å². The molecule has 0 saturated heterocycles.